The monoisotopic (exact) mass is 534 g/mol. The van der Waals surface area contributed by atoms with Crippen LogP contribution in [0.3, 0.4) is 0 Å². The van der Waals surface area contributed by atoms with Crippen molar-refractivity contribution in [2.75, 3.05) is 7.05 Å². The topological polar surface area (TPSA) is 86.7 Å². The van der Waals surface area contributed by atoms with E-state index < -0.39 is 34.8 Å². The van der Waals surface area contributed by atoms with Crippen LogP contribution in [0.2, 0.25) is 0 Å². The Morgan fingerprint density at radius 2 is 1.44 bits per heavy atom. The molecule has 0 radical (unpaired) electrons. The van der Waals surface area contributed by atoms with Crippen molar-refractivity contribution in [3.05, 3.63) is 83.4 Å². The van der Waals surface area contributed by atoms with Crippen molar-refractivity contribution in [1.29, 1.82) is 0 Å². The van der Waals surface area contributed by atoms with Crippen LogP contribution in [0, 0.1) is 17.3 Å². The number of carboxylic acids is 1. The Bertz CT molecular complexity index is 1150. The molecule has 3 atom stereocenters. The Morgan fingerprint density at radius 3 is 1.90 bits per heavy atom. The molecule has 2 rings (SSSR count). The van der Waals surface area contributed by atoms with Gasteiger partial charge in [0, 0.05) is 18.0 Å². The van der Waals surface area contributed by atoms with Gasteiger partial charge in [0.25, 0.3) is 0 Å². The summed E-state index contributed by atoms with van der Waals surface area (Å²) in [6, 6.07) is 18.7. The van der Waals surface area contributed by atoms with E-state index in [2.05, 4.69) is 19.2 Å². The quantitative estimate of drug-likeness (QED) is 0.353. The Hall–Kier alpha value is -3.41. The fraction of sp³-hybridized carbons (Fsp3) is 0.485. The number of carbonyl (C=O) groups is 3. The van der Waals surface area contributed by atoms with Crippen LogP contribution in [0.1, 0.15) is 66.5 Å². The zero-order valence-corrected chi connectivity index (χ0v) is 25.0. The molecule has 212 valence electrons. The van der Waals surface area contributed by atoms with Gasteiger partial charge in [0.05, 0.1) is 12.0 Å². The van der Waals surface area contributed by atoms with Gasteiger partial charge in [-0.2, -0.15) is 0 Å². The largest absolute Gasteiger partial charge is 0.478 e. The van der Waals surface area contributed by atoms with E-state index in [1.807, 2.05) is 95.3 Å². The van der Waals surface area contributed by atoms with Crippen LogP contribution in [-0.4, -0.2) is 46.9 Å². The summed E-state index contributed by atoms with van der Waals surface area (Å²) in [4.78, 5) is 41.2. The third-order valence-corrected chi connectivity index (χ3v) is 7.62. The summed E-state index contributed by atoms with van der Waals surface area (Å²) in [5.74, 6) is -1.92. The van der Waals surface area contributed by atoms with Gasteiger partial charge in [0.2, 0.25) is 11.8 Å². The van der Waals surface area contributed by atoms with E-state index in [4.69, 9.17) is 0 Å². The highest BCUT2D eigenvalue weighted by atomic mass is 16.4. The first kappa shape index (κ1) is 31.8. The van der Waals surface area contributed by atoms with Crippen molar-refractivity contribution in [3.63, 3.8) is 0 Å². The van der Waals surface area contributed by atoms with Gasteiger partial charge in [-0.15, -0.1) is 0 Å². The van der Waals surface area contributed by atoms with Crippen molar-refractivity contribution in [2.45, 2.75) is 79.3 Å². The van der Waals surface area contributed by atoms with Crippen molar-refractivity contribution >= 4 is 17.8 Å². The highest BCUT2D eigenvalue weighted by molar-refractivity contribution is 5.90. The highest BCUT2D eigenvalue weighted by Gasteiger charge is 2.42. The molecule has 0 bridgehead atoms. The molecule has 1 unspecified atom stereocenters. The highest BCUT2D eigenvalue weighted by Crippen LogP contribution is 2.35. The fourth-order valence-electron chi connectivity index (χ4n) is 4.92. The molecule has 0 spiro atoms. The minimum atomic E-state index is -1.02. The van der Waals surface area contributed by atoms with Crippen LogP contribution in [0.5, 0.6) is 0 Å². The predicted octanol–water partition coefficient (Wildman–Crippen LogP) is 5.87. The van der Waals surface area contributed by atoms with Gasteiger partial charge in [0.15, 0.2) is 0 Å². The van der Waals surface area contributed by atoms with Gasteiger partial charge in [-0.3, -0.25) is 9.59 Å². The Balaban J connectivity index is 2.47. The summed E-state index contributed by atoms with van der Waals surface area (Å²) in [6.45, 7) is 15.4. The number of carbonyl (C=O) groups excluding carboxylic acids is 2. The number of amides is 2. The van der Waals surface area contributed by atoms with Crippen molar-refractivity contribution in [1.82, 2.24) is 10.2 Å². The molecule has 6 nitrogen and oxygen atoms in total. The molecule has 0 heterocycles. The van der Waals surface area contributed by atoms with Gasteiger partial charge >= 0.3 is 5.97 Å². The zero-order valence-electron chi connectivity index (χ0n) is 25.0. The van der Waals surface area contributed by atoms with Crippen LogP contribution >= 0.6 is 0 Å². The second kappa shape index (κ2) is 13.1. The first-order valence-electron chi connectivity index (χ1n) is 13.7. The molecule has 0 aliphatic carbocycles. The van der Waals surface area contributed by atoms with E-state index in [0.717, 1.165) is 11.1 Å². The maximum Gasteiger partial charge on any atom is 0.331 e. The minimum absolute atomic E-state index is 0.0209. The molecule has 0 aliphatic rings. The molecule has 0 aliphatic heterocycles. The number of hydrogen-bond donors (Lipinski definition) is 2. The number of benzene rings is 2. The lowest BCUT2D eigenvalue weighted by molar-refractivity contribution is -0.141. The van der Waals surface area contributed by atoms with Crippen LogP contribution < -0.4 is 5.32 Å². The van der Waals surface area contributed by atoms with E-state index in [9.17, 15) is 19.5 Å². The van der Waals surface area contributed by atoms with Gasteiger partial charge in [0.1, 0.15) is 6.04 Å². The number of aliphatic carboxylic acids is 1. The lowest BCUT2D eigenvalue weighted by atomic mass is 9.70. The van der Waals surface area contributed by atoms with Crippen LogP contribution in [0.25, 0.3) is 0 Å². The van der Waals surface area contributed by atoms with E-state index in [0.29, 0.717) is 6.42 Å². The van der Waals surface area contributed by atoms with Gasteiger partial charge < -0.3 is 15.3 Å². The van der Waals surface area contributed by atoms with Gasteiger partial charge in [-0.05, 0) is 35.8 Å². The number of rotatable bonds is 11. The van der Waals surface area contributed by atoms with Gasteiger partial charge in [-0.25, -0.2) is 4.79 Å². The lowest BCUT2D eigenvalue weighted by Gasteiger charge is -2.40. The average molecular weight is 535 g/mol. The molecule has 2 amide bonds. The molecule has 2 aromatic rings. The Labute approximate surface area is 234 Å². The number of likely N-dealkylation sites (N-methyl/N-ethyl adjacent to an activating group) is 1. The summed E-state index contributed by atoms with van der Waals surface area (Å²) >= 11 is 0. The second-order valence-electron chi connectivity index (χ2n) is 12.5. The van der Waals surface area contributed by atoms with Crippen LogP contribution in [-0.2, 0) is 26.2 Å². The molecule has 0 fully saturated rings. The van der Waals surface area contributed by atoms with E-state index in [1.165, 1.54) is 6.92 Å². The molecule has 2 N–H and O–H groups in total. The first-order valence-corrected chi connectivity index (χ1v) is 13.7. The number of nitrogens with one attached hydrogen (secondary N) is 1. The van der Waals surface area contributed by atoms with Crippen molar-refractivity contribution in [2.24, 2.45) is 17.3 Å². The molecule has 6 heteroatoms. The first-order chi connectivity index (χ1) is 18.1. The van der Waals surface area contributed by atoms with E-state index in [-0.39, 0.29) is 23.3 Å². The summed E-state index contributed by atoms with van der Waals surface area (Å²) in [7, 11) is 1.68. The number of nitrogens with zero attached hydrogens (tertiary/aromatic N) is 1. The van der Waals surface area contributed by atoms with E-state index >= 15 is 0 Å². The molecular formula is C33H46N2O4. The normalized spacial score (nSPS) is 14.9. The average Bonchev–Trinajstić information content (AvgIpc) is 2.88. The maximum absolute atomic E-state index is 14.2. The molecule has 0 saturated carbocycles. The molecule has 2 aromatic carbocycles. The summed E-state index contributed by atoms with van der Waals surface area (Å²) in [5, 5.41) is 12.6. The van der Waals surface area contributed by atoms with Gasteiger partial charge in [-0.1, -0.05) is 115 Å². The number of hydrogen-bond acceptors (Lipinski definition) is 3. The third-order valence-electron chi connectivity index (χ3n) is 7.62. The minimum Gasteiger partial charge on any atom is -0.478 e. The summed E-state index contributed by atoms with van der Waals surface area (Å²) in [5.41, 5.74) is 1.18. The standard InChI is InChI=1S/C33H46N2O4/c1-22(2)27(20-23(3)31(38)39)35(9)30(37)28(32(4,5)6)34-29(36)26(21-24-16-12-10-13-17-24)33(7,8)25-18-14-11-15-19-25/h10-20,22,26-28H,21H2,1-9H3,(H,34,36)(H,38,39)/b23-20+/t26?,27-,28-/m1/s1. The zero-order chi connectivity index (χ0) is 29.5. The van der Waals surface area contributed by atoms with Crippen molar-refractivity contribution < 1.29 is 19.5 Å². The summed E-state index contributed by atoms with van der Waals surface area (Å²) in [6.07, 6.45) is 2.13. The Morgan fingerprint density at radius 1 is 0.923 bits per heavy atom. The predicted molar refractivity (Wildman–Crippen MR) is 157 cm³/mol. The lowest BCUT2D eigenvalue weighted by Crippen LogP contribution is -2.58. The smallest absolute Gasteiger partial charge is 0.331 e. The maximum atomic E-state index is 14.2. The fourth-order valence-corrected chi connectivity index (χ4v) is 4.92. The molecule has 0 saturated heterocycles. The Kier molecular flexibility index (Phi) is 10.7. The van der Waals surface area contributed by atoms with Crippen molar-refractivity contribution in [3.8, 4) is 0 Å². The SMILES string of the molecule is C/C(=C\[C@H](C(C)C)N(C)C(=O)[C@@H](NC(=O)C(Cc1ccccc1)C(C)(C)c1ccccc1)C(C)(C)C)C(=O)O. The molecule has 0 aromatic heterocycles. The molecular weight excluding hydrogens is 488 g/mol. The van der Waals surface area contributed by atoms with Crippen LogP contribution in [0.15, 0.2) is 72.3 Å². The molecule has 39 heavy (non-hydrogen) atoms. The third kappa shape index (κ3) is 8.29. The number of carboxylic acid groups (broad SMARTS) is 1. The van der Waals surface area contributed by atoms with Crippen LogP contribution in [0.4, 0.5) is 0 Å². The van der Waals surface area contributed by atoms with E-state index in [1.54, 1.807) is 18.0 Å². The second-order valence-corrected chi connectivity index (χ2v) is 12.5. The summed E-state index contributed by atoms with van der Waals surface area (Å²) < 4.78 is 0.